The molecular formula is C19H18N6OS. The van der Waals surface area contributed by atoms with Gasteiger partial charge >= 0.3 is 0 Å². The molecule has 0 radical (unpaired) electrons. The number of aryl methyl sites for hydroxylation is 2. The van der Waals surface area contributed by atoms with Crippen molar-refractivity contribution in [3.05, 3.63) is 64.3 Å². The van der Waals surface area contributed by atoms with E-state index in [-0.39, 0.29) is 11.6 Å². The lowest BCUT2D eigenvalue weighted by Gasteiger charge is -2.04. The summed E-state index contributed by atoms with van der Waals surface area (Å²) in [7, 11) is 0. The van der Waals surface area contributed by atoms with Gasteiger partial charge in [0.25, 0.3) is 5.91 Å². The van der Waals surface area contributed by atoms with Gasteiger partial charge in [0.15, 0.2) is 11.5 Å². The molecule has 3 aromatic heterocycles. The predicted octanol–water partition coefficient (Wildman–Crippen LogP) is 3.90. The molecule has 136 valence electrons. The number of hydrogen-bond acceptors (Lipinski definition) is 5. The van der Waals surface area contributed by atoms with Crippen molar-refractivity contribution in [1.82, 2.24) is 25.2 Å². The predicted molar refractivity (Wildman–Crippen MR) is 105 cm³/mol. The maximum atomic E-state index is 12.6. The highest BCUT2D eigenvalue weighted by molar-refractivity contribution is 7.15. The minimum absolute atomic E-state index is 0.271. The number of carbonyl (C=O) groups is 1. The zero-order valence-corrected chi connectivity index (χ0v) is 16.0. The molecular weight excluding hydrogens is 360 g/mol. The molecule has 8 heteroatoms. The third kappa shape index (κ3) is 3.39. The van der Waals surface area contributed by atoms with Gasteiger partial charge < -0.3 is 5.32 Å². The fourth-order valence-electron chi connectivity index (χ4n) is 2.81. The smallest absolute Gasteiger partial charge is 0.279 e. The second-order valence-corrected chi connectivity index (χ2v) is 7.59. The maximum Gasteiger partial charge on any atom is 0.279 e. The Morgan fingerprint density at radius 1 is 1.15 bits per heavy atom. The topological polar surface area (TPSA) is 88.5 Å². The molecule has 0 atom stereocenters. The Hall–Kier alpha value is -3.26. The number of aromatic amines is 1. The Bertz CT molecular complexity index is 1120. The third-order valence-corrected chi connectivity index (χ3v) is 5.22. The second-order valence-electron chi connectivity index (χ2n) is 6.31. The van der Waals surface area contributed by atoms with Gasteiger partial charge in [0, 0.05) is 10.9 Å². The van der Waals surface area contributed by atoms with E-state index in [0.717, 1.165) is 21.8 Å². The van der Waals surface area contributed by atoms with E-state index in [9.17, 15) is 4.79 Å². The van der Waals surface area contributed by atoms with Crippen LogP contribution in [0.15, 0.2) is 42.5 Å². The number of amides is 1. The van der Waals surface area contributed by atoms with Crippen LogP contribution in [-0.4, -0.2) is 31.1 Å². The molecule has 4 aromatic rings. The zero-order chi connectivity index (χ0) is 19.0. The number of carbonyl (C=O) groups excluding carboxylic acids is 1. The molecule has 0 aliphatic heterocycles. The summed E-state index contributed by atoms with van der Waals surface area (Å²) in [5.41, 5.74) is 3.79. The van der Waals surface area contributed by atoms with Crippen molar-refractivity contribution in [2.24, 2.45) is 0 Å². The van der Waals surface area contributed by atoms with Gasteiger partial charge in [-0.3, -0.25) is 9.89 Å². The van der Waals surface area contributed by atoms with E-state index < -0.39 is 0 Å². The van der Waals surface area contributed by atoms with Gasteiger partial charge in [-0.05, 0) is 50.6 Å². The van der Waals surface area contributed by atoms with Crippen LogP contribution >= 0.6 is 11.3 Å². The van der Waals surface area contributed by atoms with E-state index in [4.69, 9.17) is 0 Å². The number of aromatic nitrogens is 5. The Morgan fingerprint density at radius 2 is 2.00 bits per heavy atom. The summed E-state index contributed by atoms with van der Waals surface area (Å²) in [6.07, 6.45) is 0. The quantitative estimate of drug-likeness (QED) is 0.564. The van der Waals surface area contributed by atoms with E-state index in [2.05, 4.69) is 25.8 Å². The lowest BCUT2D eigenvalue weighted by atomic mass is 10.2. The first-order valence-electron chi connectivity index (χ1n) is 8.44. The standard InChI is InChI=1S/C19H18N6OS/c1-11-5-4-6-14(9-11)25-13(3)18(23-24-25)19(26)20-17-10-15(21-22-17)16-8-7-12(2)27-16/h4-10H,1-3H3,(H2,20,21,22,26). The normalized spacial score (nSPS) is 10.9. The molecule has 0 unspecified atom stereocenters. The summed E-state index contributed by atoms with van der Waals surface area (Å²) >= 11 is 1.66. The van der Waals surface area contributed by atoms with E-state index in [1.807, 2.05) is 63.2 Å². The first-order valence-corrected chi connectivity index (χ1v) is 9.26. The van der Waals surface area contributed by atoms with Crippen molar-refractivity contribution >= 4 is 23.1 Å². The minimum atomic E-state index is -0.341. The monoisotopic (exact) mass is 378 g/mol. The van der Waals surface area contributed by atoms with Crippen LogP contribution in [0.4, 0.5) is 5.82 Å². The van der Waals surface area contributed by atoms with Crippen molar-refractivity contribution in [2.75, 3.05) is 5.32 Å². The number of nitrogens with zero attached hydrogens (tertiary/aromatic N) is 4. The van der Waals surface area contributed by atoms with E-state index >= 15 is 0 Å². The second kappa shape index (κ2) is 6.81. The highest BCUT2D eigenvalue weighted by Crippen LogP contribution is 2.27. The number of H-pyrrole nitrogens is 1. The molecule has 0 aliphatic rings. The Labute approximate surface area is 160 Å². The number of hydrogen-bond donors (Lipinski definition) is 2. The number of benzene rings is 1. The molecule has 7 nitrogen and oxygen atoms in total. The largest absolute Gasteiger partial charge is 0.304 e. The average molecular weight is 378 g/mol. The molecule has 3 heterocycles. The molecule has 4 rings (SSSR count). The Morgan fingerprint density at radius 3 is 2.74 bits per heavy atom. The molecule has 0 saturated heterocycles. The van der Waals surface area contributed by atoms with Gasteiger partial charge in [0.05, 0.1) is 22.0 Å². The molecule has 0 spiro atoms. The SMILES string of the molecule is Cc1cccc(-n2nnc(C(=O)Nc3cc(-c4ccc(C)s4)[nH]n3)c2C)c1. The van der Waals surface area contributed by atoms with Gasteiger partial charge in [-0.15, -0.1) is 16.4 Å². The summed E-state index contributed by atoms with van der Waals surface area (Å²) in [5.74, 6) is 0.109. The van der Waals surface area contributed by atoms with Gasteiger partial charge in [-0.2, -0.15) is 5.10 Å². The van der Waals surface area contributed by atoms with Crippen molar-refractivity contribution in [3.8, 4) is 16.3 Å². The number of nitrogens with one attached hydrogen (secondary N) is 2. The van der Waals surface area contributed by atoms with Crippen LogP contribution in [0.1, 0.15) is 26.6 Å². The molecule has 1 amide bonds. The highest BCUT2D eigenvalue weighted by atomic mass is 32.1. The van der Waals surface area contributed by atoms with Crippen molar-refractivity contribution in [1.29, 1.82) is 0 Å². The Kier molecular flexibility index (Phi) is 4.33. The molecule has 0 bridgehead atoms. The van der Waals surface area contributed by atoms with Gasteiger partial charge in [-0.25, -0.2) is 4.68 Å². The fraction of sp³-hybridized carbons (Fsp3) is 0.158. The average Bonchev–Trinajstić information content (AvgIpc) is 3.35. The third-order valence-electron chi connectivity index (χ3n) is 4.18. The minimum Gasteiger partial charge on any atom is -0.304 e. The van der Waals surface area contributed by atoms with Crippen LogP contribution in [-0.2, 0) is 0 Å². The zero-order valence-electron chi connectivity index (χ0n) is 15.1. The van der Waals surface area contributed by atoms with Crippen molar-refractivity contribution in [3.63, 3.8) is 0 Å². The molecule has 0 aliphatic carbocycles. The summed E-state index contributed by atoms with van der Waals surface area (Å²) in [4.78, 5) is 14.9. The van der Waals surface area contributed by atoms with Crippen molar-refractivity contribution < 1.29 is 4.79 Å². The lowest BCUT2D eigenvalue weighted by molar-refractivity contribution is 0.102. The molecule has 1 aromatic carbocycles. The van der Waals surface area contributed by atoms with E-state index in [1.54, 1.807) is 16.0 Å². The summed E-state index contributed by atoms with van der Waals surface area (Å²) in [6.45, 7) is 5.88. The Balaban J connectivity index is 1.55. The first kappa shape index (κ1) is 17.2. The lowest BCUT2D eigenvalue weighted by Crippen LogP contribution is -2.14. The fourth-order valence-corrected chi connectivity index (χ4v) is 3.64. The van der Waals surface area contributed by atoms with Gasteiger partial charge in [0.2, 0.25) is 0 Å². The molecule has 0 saturated carbocycles. The van der Waals surface area contributed by atoms with E-state index in [0.29, 0.717) is 11.5 Å². The summed E-state index contributed by atoms with van der Waals surface area (Å²) in [6, 6.07) is 13.8. The summed E-state index contributed by atoms with van der Waals surface area (Å²) < 4.78 is 1.66. The van der Waals surface area contributed by atoms with Crippen molar-refractivity contribution in [2.45, 2.75) is 20.8 Å². The number of thiophene rings is 1. The first-order chi connectivity index (χ1) is 13.0. The highest BCUT2D eigenvalue weighted by Gasteiger charge is 2.18. The number of anilines is 1. The van der Waals surface area contributed by atoms with Gasteiger partial charge in [0.1, 0.15) is 0 Å². The molecule has 0 fully saturated rings. The van der Waals surface area contributed by atoms with Crippen LogP contribution in [0.25, 0.3) is 16.3 Å². The molecule has 2 N–H and O–H groups in total. The van der Waals surface area contributed by atoms with Gasteiger partial charge in [-0.1, -0.05) is 17.3 Å². The van der Waals surface area contributed by atoms with E-state index in [1.165, 1.54) is 4.88 Å². The summed E-state index contributed by atoms with van der Waals surface area (Å²) in [5, 5.41) is 18.1. The van der Waals surface area contributed by atoms with Crippen LogP contribution in [0, 0.1) is 20.8 Å². The van der Waals surface area contributed by atoms with Crippen LogP contribution in [0.3, 0.4) is 0 Å². The molecule has 27 heavy (non-hydrogen) atoms. The maximum absolute atomic E-state index is 12.6. The number of rotatable bonds is 4. The van der Waals surface area contributed by atoms with Crippen LogP contribution < -0.4 is 5.32 Å². The van der Waals surface area contributed by atoms with Crippen LogP contribution in [0.2, 0.25) is 0 Å². The van der Waals surface area contributed by atoms with Crippen LogP contribution in [0.5, 0.6) is 0 Å².